The first kappa shape index (κ1) is 16.8. The maximum absolute atomic E-state index is 2.51. The van der Waals surface area contributed by atoms with Crippen LogP contribution in [0.5, 0.6) is 0 Å². The quantitative estimate of drug-likeness (QED) is 0.238. The van der Waals surface area contributed by atoms with Crippen LogP contribution in [0, 0.1) is 0 Å². The van der Waals surface area contributed by atoms with Gasteiger partial charge in [-0.25, -0.2) is 0 Å². The lowest BCUT2D eigenvalue weighted by atomic mass is 9.80. The van der Waals surface area contributed by atoms with Crippen molar-refractivity contribution in [1.29, 1.82) is 0 Å². The zero-order valence-corrected chi connectivity index (χ0v) is 18.1. The van der Waals surface area contributed by atoms with Crippen molar-refractivity contribution < 1.29 is 0 Å². The van der Waals surface area contributed by atoms with E-state index in [-0.39, 0.29) is 5.41 Å². The Kier molecular flexibility index (Phi) is 2.79. The number of benzene rings is 5. The van der Waals surface area contributed by atoms with Gasteiger partial charge in [-0.3, -0.25) is 0 Å². The monoisotopic (exact) mass is 407 g/mol. The van der Waals surface area contributed by atoms with Gasteiger partial charge in [-0.05, 0) is 51.2 Å². The third-order valence-corrected chi connectivity index (χ3v) is 7.87. The van der Waals surface area contributed by atoms with Crippen molar-refractivity contribution in [2.75, 3.05) is 0 Å². The number of rotatable bonds is 0. The third kappa shape index (κ3) is 1.72. The first-order valence-electron chi connectivity index (χ1n) is 11.4. The van der Waals surface area contributed by atoms with Gasteiger partial charge in [0.15, 0.2) is 0 Å². The summed E-state index contributed by atoms with van der Waals surface area (Å²) in [5.41, 5.74) is 9.62. The Bertz CT molecular complexity index is 1900. The van der Waals surface area contributed by atoms with E-state index in [4.69, 9.17) is 0 Å². The van der Waals surface area contributed by atoms with Gasteiger partial charge in [-0.15, -0.1) is 0 Å². The summed E-state index contributed by atoms with van der Waals surface area (Å²) in [5.74, 6) is 0. The predicted octanol–water partition coefficient (Wildman–Crippen LogP) is 8.30. The van der Waals surface area contributed by atoms with Crippen LogP contribution in [-0.4, -0.2) is 4.40 Å². The van der Waals surface area contributed by atoms with Gasteiger partial charge in [0.25, 0.3) is 0 Å². The molecule has 1 aliphatic rings. The lowest BCUT2D eigenvalue weighted by molar-refractivity contribution is 0.666. The van der Waals surface area contributed by atoms with Gasteiger partial charge in [0.2, 0.25) is 0 Å². The van der Waals surface area contributed by atoms with E-state index in [0.717, 1.165) is 0 Å². The van der Waals surface area contributed by atoms with E-state index in [1.165, 1.54) is 71.1 Å². The molecule has 0 saturated carbocycles. The molecule has 0 bridgehead atoms. The Morgan fingerprint density at radius 1 is 0.594 bits per heavy atom. The average molecular weight is 408 g/mol. The summed E-state index contributed by atoms with van der Waals surface area (Å²) in [6, 6.07) is 33.8. The fourth-order valence-corrected chi connectivity index (χ4v) is 6.60. The largest absolute Gasteiger partial charge is 0.308 e. The lowest BCUT2D eigenvalue weighted by Crippen LogP contribution is -2.15. The highest BCUT2D eigenvalue weighted by molar-refractivity contribution is 6.32. The zero-order chi connectivity index (χ0) is 21.2. The van der Waals surface area contributed by atoms with Crippen LogP contribution in [0.15, 0.2) is 91.0 Å². The van der Waals surface area contributed by atoms with Crippen LogP contribution in [0.25, 0.3) is 60.0 Å². The molecule has 0 fully saturated rings. The minimum atomic E-state index is -0.0327. The second-order valence-corrected chi connectivity index (χ2v) is 9.77. The van der Waals surface area contributed by atoms with E-state index in [2.05, 4.69) is 109 Å². The third-order valence-electron chi connectivity index (χ3n) is 7.87. The van der Waals surface area contributed by atoms with Gasteiger partial charge < -0.3 is 4.40 Å². The highest BCUT2D eigenvalue weighted by Crippen LogP contribution is 2.54. The van der Waals surface area contributed by atoms with Crippen LogP contribution in [0.4, 0.5) is 0 Å². The van der Waals surface area contributed by atoms with Crippen LogP contribution in [0.3, 0.4) is 0 Å². The van der Waals surface area contributed by atoms with Crippen molar-refractivity contribution >= 4 is 48.9 Å². The highest BCUT2D eigenvalue weighted by Gasteiger charge is 2.38. The second kappa shape index (κ2) is 5.31. The van der Waals surface area contributed by atoms with Crippen molar-refractivity contribution in [3.05, 3.63) is 102 Å². The van der Waals surface area contributed by atoms with Gasteiger partial charge >= 0.3 is 0 Å². The summed E-state index contributed by atoms with van der Waals surface area (Å²) in [4.78, 5) is 0. The maximum atomic E-state index is 2.51. The van der Waals surface area contributed by atoms with Crippen molar-refractivity contribution in [1.82, 2.24) is 4.40 Å². The molecule has 0 spiro atoms. The minimum Gasteiger partial charge on any atom is -0.308 e. The molecule has 0 saturated heterocycles. The number of hydrogen-bond donors (Lipinski definition) is 0. The fourth-order valence-electron chi connectivity index (χ4n) is 6.60. The molecule has 1 nitrogen and oxygen atoms in total. The van der Waals surface area contributed by atoms with Crippen LogP contribution in [0.1, 0.15) is 25.0 Å². The zero-order valence-electron chi connectivity index (χ0n) is 18.1. The fraction of sp³-hybridized carbons (Fsp3) is 0.0968. The normalized spacial score (nSPS) is 14.8. The molecule has 2 aromatic heterocycles. The molecule has 32 heavy (non-hydrogen) atoms. The number of para-hydroxylation sites is 1. The highest BCUT2D eigenvalue weighted by atomic mass is 14.9. The summed E-state index contributed by atoms with van der Waals surface area (Å²) in [6.45, 7) is 4.78. The molecule has 7 aromatic rings. The van der Waals surface area contributed by atoms with E-state index < -0.39 is 0 Å². The Hall–Kier alpha value is -3.84. The van der Waals surface area contributed by atoms with Gasteiger partial charge in [-0.2, -0.15) is 0 Å². The van der Waals surface area contributed by atoms with Crippen LogP contribution in [0.2, 0.25) is 0 Å². The number of nitrogens with zero attached hydrogens (tertiary/aromatic N) is 1. The van der Waals surface area contributed by atoms with Crippen molar-refractivity contribution in [3.8, 4) is 11.1 Å². The van der Waals surface area contributed by atoms with Crippen molar-refractivity contribution in [2.45, 2.75) is 19.3 Å². The van der Waals surface area contributed by atoms with E-state index >= 15 is 0 Å². The smallest absolute Gasteiger partial charge is 0.0627 e. The molecule has 0 radical (unpaired) electrons. The van der Waals surface area contributed by atoms with Crippen molar-refractivity contribution in [2.24, 2.45) is 0 Å². The summed E-state index contributed by atoms with van der Waals surface area (Å²) >= 11 is 0. The standard InChI is InChI=1S/C31H21N/c1-31(2)24-13-7-5-11-20(24)21-15-16-26-28(29(21)31)23-17-18-9-3-4-10-19(18)27-22-12-6-8-14-25(22)32(26)30(23)27/h3-17H,1-2H3. The minimum absolute atomic E-state index is 0.0327. The Morgan fingerprint density at radius 3 is 2.25 bits per heavy atom. The molecule has 0 amide bonds. The van der Waals surface area contributed by atoms with E-state index in [9.17, 15) is 0 Å². The number of hydrogen-bond acceptors (Lipinski definition) is 0. The van der Waals surface area contributed by atoms with E-state index in [0.29, 0.717) is 0 Å². The van der Waals surface area contributed by atoms with Gasteiger partial charge in [0, 0.05) is 27.0 Å². The molecule has 0 unspecified atom stereocenters. The lowest BCUT2D eigenvalue weighted by Gasteiger charge is -2.22. The second-order valence-electron chi connectivity index (χ2n) is 9.77. The van der Waals surface area contributed by atoms with Gasteiger partial charge in [0.1, 0.15) is 0 Å². The summed E-state index contributed by atoms with van der Waals surface area (Å²) in [7, 11) is 0. The van der Waals surface area contributed by atoms with Crippen LogP contribution >= 0.6 is 0 Å². The van der Waals surface area contributed by atoms with Gasteiger partial charge in [0.05, 0.1) is 16.6 Å². The first-order chi connectivity index (χ1) is 15.7. The molecule has 150 valence electrons. The van der Waals surface area contributed by atoms with E-state index in [1.54, 1.807) is 0 Å². The molecule has 0 N–H and O–H groups in total. The molecule has 1 aliphatic carbocycles. The van der Waals surface area contributed by atoms with Crippen molar-refractivity contribution in [3.63, 3.8) is 0 Å². The Labute approximate surface area is 185 Å². The topological polar surface area (TPSA) is 4.41 Å². The molecule has 8 rings (SSSR count). The van der Waals surface area contributed by atoms with Crippen LogP contribution in [-0.2, 0) is 5.41 Å². The molecular weight excluding hydrogens is 386 g/mol. The van der Waals surface area contributed by atoms with Gasteiger partial charge in [-0.1, -0.05) is 86.6 Å². The average Bonchev–Trinajstić information content (AvgIpc) is 3.42. The Morgan fingerprint density at radius 2 is 1.34 bits per heavy atom. The molecule has 2 heterocycles. The number of fused-ring (bicyclic) bond motifs is 12. The molecule has 5 aromatic carbocycles. The molecule has 1 heteroatoms. The SMILES string of the molecule is CC1(C)c2ccccc2-c2ccc3c(c21)c1cc2ccccc2c2c4ccccc4n3c12. The summed E-state index contributed by atoms with van der Waals surface area (Å²) < 4.78 is 2.51. The molecular formula is C31H21N. The first-order valence-corrected chi connectivity index (χ1v) is 11.4. The van der Waals surface area contributed by atoms with Crippen LogP contribution < -0.4 is 0 Å². The number of aromatic nitrogens is 1. The predicted molar refractivity (Wildman–Crippen MR) is 136 cm³/mol. The van der Waals surface area contributed by atoms with E-state index in [1.807, 2.05) is 0 Å². The summed E-state index contributed by atoms with van der Waals surface area (Å²) in [5, 5.41) is 8.17. The molecule has 0 aliphatic heterocycles. The Balaban J connectivity index is 1.72. The maximum Gasteiger partial charge on any atom is 0.0627 e. The summed E-state index contributed by atoms with van der Waals surface area (Å²) in [6.07, 6.45) is 0. The molecule has 0 atom stereocenters.